The molecule has 17 heavy (non-hydrogen) atoms. The molecule has 0 saturated carbocycles. The van der Waals surface area contributed by atoms with Crippen molar-refractivity contribution in [3.8, 4) is 0 Å². The van der Waals surface area contributed by atoms with Crippen LogP contribution in [0.2, 0.25) is 0 Å². The lowest BCUT2D eigenvalue weighted by atomic mass is 10.1. The van der Waals surface area contributed by atoms with E-state index in [1.165, 1.54) is 6.92 Å². The van der Waals surface area contributed by atoms with Crippen molar-refractivity contribution >= 4 is 21.7 Å². The van der Waals surface area contributed by atoms with Gasteiger partial charge in [0.15, 0.2) is 5.82 Å². The number of hydrogen-bond donors (Lipinski definition) is 0. The first-order valence-corrected chi connectivity index (χ1v) is 5.98. The standard InChI is InChI=1S/C12H11BrN2O2/c1-8(16)5-11-14-12(17-15-11)7-9-3-2-4-10(13)6-9/h2-4,6H,5,7H2,1H3. The molecule has 0 aliphatic rings. The minimum absolute atomic E-state index is 0.0276. The average molecular weight is 295 g/mol. The van der Waals surface area contributed by atoms with Gasteiger partial charge in [-0.2, -0.15) is 4.98 Å². The van der Waals surface area contributed by atoms with Gasteiger partial charge in [-0.25, -0.2) is 0 Å². The highest BCUT2D eigenvalue weighted by Gasteiger charge is 2.08. The van der Waals surface area contributed by atoms with E-state index < -0.39 is 0 Å². The van der Waals surface area contributed by atoms with Crippen LogP contribution in [0.25, 0.3) is 0 Å². The fourth-order valence-electron chi connectivity index (χ4n) is 1.48. The van der Waals surface area contributed by atoms with Gasteiger partial charge in [0.05, 0.1) is 12.8 Å². The van der Waals surface area contributed by atoms with Gasteiger partial charge >= 0.3 is 0 Å². The second-order valence-electron chi connectivity index (χ2n) is 3.79. The third kappa shape index (κ3) is 3.49. The molecule has 0 bridgehead atoms. The van der Waals surface area contributed by atoms with Crippen molar-refractivity contribution in [2.24, 2.45) is 0 Å². The Bertz CT molecular complexity index is 537. The van der Waals surface area contributed by atoms with Crippen LogP contribution in [0.5, 0.6) is 0 Å². The Hall–Kier alpha value is -1.49. The van der Waals surface area contributed by atoms with E-state index in [1.54, 1.807) is 0 Å². The van der Waals surface area contributed by atoms with Gasteiger partial charge in [-0.05, 0) is 24.6 Å². The van der Waals surface area contributed by atoms with E-state index in [1.807, 2.05) is 24.3 Å². The minimum atomic E-state index is 0.0276. The SMILES string of the molecule is CC(=O)Cc1noc(Cc2cccc(Br)c2)n1. The summed E-state index contributed by atoms with van der Waals surface area (Å²) in [5, 5.41) is 3.76. The van der Waals surface area contributed by atoms with Gasteiger partial charge in [0.2, 0.25) is 5.89 Å². The summed E-state index contributed by atoms with van der Waals surface area (Å²) < 4.78 is 6.09. The number of nitrogens with zero attached hydrogens (tertiary/aromatic N) is 2. The lowest BCUT2D eigenvalue weighted by Gasteiger charge is -1.96. The van der Waals surface area contributed by atoms with Gasteiger partial charge in [0, 0.05) is 4.47 Å². The molecule has 0 saturated heterocycles. The summed E-state index contributed by atoms with van der Waals surface area (Å²) in [5.41, 5.74) is 1.08. The third-order valence-electron chi connectivity index (χ3n) is 2.16. The van der Waals surface area contributed by atoms with E-state index in [0.717, 1.165) is 10.0 Å². The van der Waals surface area contributed by atoms with Crippen LogP contribution in [0.1, 0.15) is 24.2 Å². The normalized spacial score (nSPS) is 10.5. The maximum Gasteiger partial charge on any atom is 0.231 e. The van der Waals surface area contributed by atoms with Gasteiger partial charge in [0.1, 0.15) is 5.78 Å². The molecular weight excluding hydrogens is 284 g/mol. The van der Waals surface area contributed by atoms with Crippen molar-refractivity contribution in [1.82, 2.24) is 10.1 Å². The van der Waals surface area contributed by atoms with Crippen molar-refractivity contribution in [2.45, 2.75) is 19.8 Å². The minimum Gasteiger partial charge on any atom is -0.339 e. The summed E-state index contributed by atoms with van der Waals surface area (Å²) in [4.78, 5) is 15.1. The topological polar surface area (TPSA) is 56.0 Å². The van der Waals surface area contributed by atoms with Crippen LogP contribution >= 0.6 is 15.9 Å². The van der Waals surface area contributed by atoms with Crippen LogP contribution in [0.15, 0.2) is 33.3 Å². The highest BCUT2D eigenvalue weighted by atomic mass is 79.9. The van der Waals surface area contributed by atoms with Crippen molar-refractivity contribution in [3.05, 3.63) is 46.0 Å². The van der Waals surface area contributed by atoms with E-state index in [4.69, 9.17) is 4.52 Å². The molecule has 0 aliphatic carbocycles. The Morgan fingerprint density at radius 3 is 3.00 bits per heavy atom. The number of ketones is 1. The lowest BCUT2D eigenvalue weighted by Crippen LogP contribution is -1.98. The molecule has 2 rings (SSSR count). The van der Waals surface area contributed by atoms with E-state index in [2.05, 4.69) is 26.1 Å². The first-order valence-electron chi connectivity index (χ1n) is 5.19. The van der Waals surface area contributed by atoms with E-state index in [-0.39, 0.29) is 12.2 Å². The molecule has 88 valence electrons. The highest BCUT2D eigenvalue weighted by Crippen LogP contribution is 2.14. The van der Waals surface area contributed by atoms with E-state index >= 15 is 0 Å². The molecule has 0 atom stereocenters. The molecule has 5 heteroatoms. The summed E-state index contributed by atoms with van der Waals surface area (Å²) in [5.74, 6) is 1.00. The summed E-state index contributed by atoms with van der Waals surface area (Å²) >= 11 is 3.40. The second kappa shape index (κ2) is 5.23. The van der Waals surface area contributed by atoms with Crippen LogP contribution in [-0.2, 0) is 17.6 Å². The Kier molecular flexibility index (Phi) is 3.68. The molecule has 0 N–H and O–H groups in total. The maximum atomic E-state index is 10.9. The van der Waals surface area contributed by atoms with Crippen molar-refractivity contribution < 1.29 is 9.32 Å². The molecule has 2 aromatic rings. The first kappa shape index (κ1) is 12.0. The zero-order chi connectivity index (χ0) is 12.3. The Morgan fingerprint density at radius 2 is 2.29 bits per heavy atom. The number of rotatable bonds is 4. The van der Waals surface area contributed by atoms with Gasteiger partial charge < -0.3 is 4.52 Å². The number of aromatic nitrogens is 2. The van der Waals surface area contributed by atoms with Gasteiger partial charge in [0.25, 0.3) is 0 Å². The van der Waals surface area contributed by atoms with E-state index in [9.17, 15) is 4.79 Å². The summed E-state index contributed by atoms with van der Waals surface area (Å²) in [6.45, 7) is 1.50. The number of Topliss-reactive ketones (excluding diaryl/α,β-unsaturated/α-hetero) is 1. The number of carbonyl (C=O) groups is 1. The maximum absolute atomic E-state index is 10.9. The van der Waals surface area contributed by atoms with Crippen LogP contribution in [0.3, 0.4) is 0 Å². The lowest BCUT2D eigenvalue weighted by molar-refractivity contribution is -0.116. The predicted molar refractivity (Wildman–Crippen MR) is 65.6 cm³/mol. The van der Waals surface area contributed by atoms with Crippen molar-refractivity contribution in [1.29, 1.82) is 0 Å². The molecule has 1 heterocycles. The summed E-state index contributed by atoms with van der Waals surface area (Å²) in [6, 6.07) is 7.89. The molecule has 0 aliphatic heterocycles. The molecule has 4 nitrogen and oxygen atoms in total. The fraction of sp³-hybridized carbons (Fsp3) is 0.250. The Labute approximate surface area is 107 Å². The van der Waals surface area contributed by atoms with Crippen molar-refractivity contribution in [2.75, 3.05) is 0 Å². The number of hydrogen-bond acceptors (Lipinski definition) is 4. The van der Waals surface area contributed by atoms with Crippen LogP contribution < -0.4 is 0 Å². The Morgan fingerprint density at radius 1 is 1.47 bits per heavy atom. The summed E-state index contributed by atoms with van der Waals surface area (Å²) in [7, 11) is 0. The monoisotopic (exact) mass is 294 g/mol. The van der Waals surface area contributed by atoms with Gasteiger partial charge in [-0.3, -0.25) is 4.79 Å². The first-order chi connectivity index (χ1) is 8.13. The third-order valence-corrected chi connectivity index (χ3v) is 2.65. The quantitative estimate of drug-likeness (QED) is 0.870. The molecule has 0 fully saturated rings. The zero-order valence-corrected chi connectivity index (χ0v) is 10.9. The number of benzene rings is 1. The Balaban J connectivity index is 2.08. The molecule has 1 aromatic carbocycles. The van der Waals surface area contributed by atoms with Gasteiger partial charge in [-0.15, -0.1) is 0 Å². The summed E-state index contributed by atoms with van der Waals surface area (Å²) in [6.07, 6.45) is 0.798. The number of carbonyl (C=O) groups excluding carboxylic acids is 1. The van der Waals surface area contributed by atoms with Crippen LogP contribution in [0.4, 0.5) is 0 Å². The molecular formula is C12H11BrN2O2. The molecule has 0 spiro atoms. The zero-order valence-electron chi connectivity index (χ0n) is 9.31. The number of halogens is 1. The predicted octanol–water partition coefficient (Wildman–Crippen LogP) is 2.55. The molecule has 0 amide bonds. The molecule has 0 radical (unpaired) electrons. The fourth-order valence-corrected chi connectivity index (χ4v) is 1.92. The van der Waals surface area contributed by atoms with Crippen molar-refractivity contribution in [3.63, 3.8) is 0 Å². The van der Waals surface area contributed by atoms with E-state index in [0.29, 0.717) is 18.1 Å². The molecule has 1 aromatic heterocycles. The highest BCUT2D eigenvalue weighted by molar-refractivity contribution is 9.10. The van der Waals surface area contributed by atoms with Gasteiger partial charge in [-0.1, -0.05) is 33.2 Å². The smallest absolute Gasteiger partial charge is 0.231 e. The van der Waals surface area contributed by atoms with Crippen LogP contribution in [-0.4, -0.2) is 15.9 Å². The second-order valence-corrected chi connectivity index (χ2v) is 4.71. The largest absolute Gasteiger partial charge is 0.339 e. The van der Waals surface area contributed by atoms with Crippen LogP contribution in [0, 0.1) is 0 Å². The molecule has 0 unspecified atom stereocenters. The average Bonchev–Trinajstić information content (AvgIpc) is 2.64.